The van der Waals surface area contributed by atoms with Crippen molar-refractivity contribution >= 4 is 34.5 Å². The number of para-hydroxylation sites is 1. The van der Waals surface area contributed by atoms with E-state index in [4.69, 9.17) is 9.40 Å². The molecule has 3 aromatic rings. The molecule has 27 heavy (non-hydrogen) atoms. The highest BCUT2D eigenvalue weighted by Crippen LogP contribution is 2.30. The fraction of sp³-hybridized carbons (Fsp3) is 0.286. The number of benzene rings is 1. The first-order valence-electron chi connectivity index (χ1n) is 8.66. The molecular formula is C21H21N3O2S. The quantitative estimate of drug-likeness (QED) is 0.642. The molecule has 138 valence electrons. The molecule has 2 aromatic heterocycles. The molecule has 1 N–H and O–H groups in total. The molecule has 1 unspecified atom stereocenters. The Kier molecular flexibility index (Phi) is 5.24. The number of aromatic nitrogens is 1. The van der Waals surface area contributed by atoms with Gasteiger partial charge in [0, 0.05) is 10.9 Å². The minimum absolute atomic E-state index is 0.212. The van der Waals surface area contributed by atoms with Gasteiger partial charge in [-0.1, -0.05) is 30.0 Å². The number of hydrogen-bond donors (Lipinski definition) is 1. The average Bonchev–Trinajstić information content (AvgIpc) is 2.89. The third kappa shape index (κ3) is 3.69. The normalized spacial score (nSPS) is 12.0. The van der Waals surface area contributed by atoms with Crippen LogP contribution in [0.15, 0.2) is 33.7 Å². The molecule has 0 spiro atoms. The molecule has 1 amide bonds. The number of furan rings is 1. The fourth-order valence-corrected chi connectivity index (χ4v) is 3.81. The van der Waals surface area contributed by atoms with Crippen molar-refractivity contribution in [2.75, 3.05) is 5.32 Å². The lowest BCUT2D eigenvalue weighted by molar-refractivity contribution is -0.115. The Morgan fingerprint density at radius 3 is 2.70 bits per heavy atom. The van der Waals surface area contributed by atoms with Crippen LogP contribution in [0.2, 0.25) is 0 Å². The number of carbonyl (C=O) groups is 1. The van der Waals surface area contributed by atoms with Crippen LogP contribution < -0.4 is 5.32 Å². The van der Waals surface area contributed by atoms with Gasteiger partial charge in [0.2, 0.25) is 11.8 Å². The van der Waals surface area contributed by atoms with Crippen molar-refractivity contribution < 1.29 is 9.21 Å². The van der Waals surface area contributed by atoms with Crippen LogP contribution in [0.25, 0.3) is 10.9 Å². The highest BCUT2D eigenvalue weighted by atomic mass is 32.2. The number of hydrogen-bond acceptors (Lipinski definition) is 5. The second-order valence-corrected chi connectivity index (χ2v) is 7.96. The third-order valence-electron chi connectivity index (χ3n) is 4.63. The Hall–Kier alpha value is -2.78. The zero-order valence-corrected chi connectivity index (χ0v) is 16.8. The maximum atomic E-state index is 12.6. The Morgan fingerprint density at radius 2 is 2.00 bits per heavy atom. The largest absolute Gasteiger partial charge is 0.444 e. The van der Waals surface area contributed by atoms with Gasteiger partial charge < -0.3 is 4.42 Å². The number of aryl methyl sites for hydroxylation is 3. The van der Waals surface area contributed by atoms with Gasteiger partial charge in [-0.05, 0) is 51.8 Å². The van der Waals surface area contributed by atoms with Gasteiger partial charge in [-0.25, -0.2) is 4.98 Å². The summed E-state index contributed by atoms with van der Waals surface area (Å²) >= 11 is 1.39. The van der Waals surface area contributed by atoms with Gasteiger partial charge >= 0.3 is 0 Å². The summed E-state index contributed by atoms with van der Waals surface area (Å²) in [7, 11) is 0. The Balaban J connectivity index is 1.81. The van der Waals surface area contributed by atoms with Crippen LogP contribution >= 0.6 is 11.8 Å². The number of nitrogens with one attached hydrogen (secondary N) is 1. The Bertz CT molecular complexity index is 1080. The summed E-state index contributed by atoms with van der Waals surface area (Å²) in [5.41, 5.74) is 4.30. The molecule has 1 aromatic carbocycles. The second kappa shape index (κ2) is 7.45. The van der Waals surface area contributed by atoms with E-state index in [0.29, 0.717) is 11.3 Å². The van der Waals surface area contributed by atoms with Gasteiger partial charge in [0.05, 0.1) is 15.8 Å². The van der Waals surface area contributed by atoms with E-state index in [9.17, 15) is 10.1 Å². The van der Waals surface area contributed by atoms with E-state index in [1.54, 1.807) is 13.8 Å². The lowest BCUT2D eigenvalue weighted by Gasteiger charge is -2.12. The highest BCUT2D eigenvalue weighted by Gasteiger charge is 2.21. The molecule has 0 aliphatic rings. The van der Waals surface area contributed by atoms with Crippen LogP contribution in [0, 0.1) is 39.0 Å². The Morgan fingerprint density at radius 1 is 1.26 bits per heavy atom. The summed E-state index contributed by atoms with van der Waals surface area (Å²) in [5.74, 6) is 0.613. The van der Waals surface area contributed by atoms with Crippen LogP contribution in [-0.4, -0.2) is 16.1 Å². The molecule has 0 bridgehead atoms. The van der Waals surface area contributed by atoms with Gasteiger partial charge in [0.25, 0.3) is 0 Å². The summed E-state index contributed by atoms with van der Waals surface area (Å²) < 4.78 is 5.52. The van der Waals surface area contributed by atoms with E-state index in [0.717, 1.165) is 32.6 Å². The molecule has 3 rings (SSSR count). The standard InChI is InChI=1S/C21H21N3O2S/c1-11-7-6-8-16-12(2)9-18(23-19(11)16)27-15(5)20(25)24-21-17(10-22)13(3)14(4)26-21/h6-9,15H,1-5H3,(H,24,25). The molecule has 2 heterocycles. The number of nitriles is 1. The molecular weight excluding hydrogens is 358 g/mol. The third-order valence-corrected chi connectivity index (χ3v) is 5.64. The van der Waals surface area contributed by atoms with Crippen LogP contribution in [-0.2, 0) is 4.79 Å². The first-order chi connectivity index (χ1) is 12.8. The number of carbonyl (C=O) groups excluding carboxylic acids is 1. The summed E-state index contributed by atoms with van der Waals surface area (Å²) in [5, 5.41) is 13.5. The molecule has 0 fully saturated rings. The number of amides is 1. The van der Waals surface area contributed by atoms with Gasteiger partial charge in [0.15, 0.2) is 0 Å². The van der Waals surface area contributed by atoms with Crippen molar-refractivity contribution in [2.24, 2.45) is 0 Å². The minimum Gasteiger partial charge on any atom is -0.444 e. The smallest absolute Gasteiger partial charge is 0.239 e. The monoisotopic (exact) mass is 379 g/mol. The fourth-order valence-electron chi connectivity index (χ4n) is 2.89. The van der Waals surface area contributed by atoms with Crippen molar-refractivity contribution in [3.63, 3.8) is 0 Å². The van der Waals surface area contributed by atoms with Crippen molar-refractivity contribution in [3.8, 4) is 6.07 Å². The van der Waals surface area contributed by atoms with Crippen LogP contribution in [0.3, 0.4) is 0 Å². The summed E-state index contributed by atoms with van der Waals surface area (Å²) in [6.45, 7) is 9.47. The predicted octanol–water partition coefficient (Wildman–Crippen LogP) is 5.05. The van der Waals surface area contributed by atoms with E-state index in [-0.39, 0.29) is 11.8 Å². The van der Waals surface area contributed by atoms with Crippen molar-refractivity contribution in [1.29, 1.82) is 5.26 Å². The van der Waals surface area contributed by atoms with E-state index >= 15 is 0 Å². The van der Waals surface area contributed by atoms with Crippen LogP contribution in [0.4, 0.5) is 5.88 Å². The second-order valence-electron chi connectivity index (χ2n) is 6.60. The van der Waals surface area contributed by atoms with Gasteiger partial charge in [0.1, 0.15) is 17.4 Å². The highest BCUT2D eigenvalue weighted by molar-refractivity contribution is 8.00. The maximum absolute atomic E-state index is 12.6. The SMILES string of the molecule is Cc1oc(NC(=O)C(C)Sc2cc(C)c3cccc(C)c3n2)c(C#N)c1C. The maximum Gasteiger partial charge on any atom is 0.239 e. The molecule has 6 heteroatoms. The summed E-state index contributed by atoms with van der Waals surface area (Å²) in [6, 6.07) is 10.2. The van der Waals surface area contributed by atoms with Gasteiger partial charge in [-0.2, -0.15) is 5.26 Å². The zero-order valence-electron chi connectivity index (χ0n) is 16.0. The number of thioether (sulfide) groups is 1. The van der Waals surface area contributed by atoms with E-state index in [2.05, 4.69) is 17.5 Å². The van der Waals surface area contributed by atoms with E-state index in [1.165, 1.54) is 11.8 Å². The molecule has 0 aliphatic heterocycles. The zero-order chi connectivity index (χ0) is 19.7. The molecule has 0 aliphatic carbocycles. The molecule has 5 nitrogen and oxygen atoms in total. The summed E-state index contributed by atoms with van der Waals surface area (Å²) in [4.78, 5) is 17.3. The predicted molar refractivity (Wildman–Crippen MR) is 108 cm³/mol. The number of rotatable bonds is 4. The number of fused-ring (bicyclic) bond motifs is 1. The number of anilines is 1. The molecule has 0 radical (unpaired) electrons. The minimum atomic E-state index is -0.393. The first kappa shape index (κ1) is 19.0. The van der Waals surface area contributed by atoms with Crippen molar-refractivity contribution in [2.45, 2.75) is 44.9 Å². The van der Waals surface area contributed by atoms with E-state index < -0.39 is 5.25 Å². The van der Waals surface area contributed by atoms with Gasteiger partial charge in [-0.15, -0.1) is 0 Å². The first-order valence-corrected chi connectivity index (χ1v) is 9.54. The lowest BCUT2D eigenvalue weighted by atomic mass is 10.1. The van der Waals surface area contributed by atoms with Crippen LogP contribution in [0.1, 0.15) is 34.9 Å². The number of nitrogens with zero attached hydrogens (tertiary/aromatic N) is 2. The van der Waals surface area contributed by atoms with Crippen molar-refractivity contribution in [3.05, 3.63) is 52.3 Å². The Labute approximate surface area is 162 Å². The average molecular weight is 379 g/mol. The molecule has 0 saturated carbocycles. The van der Waals surface area contributed by atoms with Crippen LogP contribution in [0.5, 0.6) is 0 Å². The molecule has 0 saturated heterocycles. The van der Waals surface area contributed by atoms with E-state index in [1.807, 2.05) is 39.0 Å². The molecule has 1 atom stereocenters. The summed E-state index contributed by atoms with van der Waals surface area (Å²) in [6.07, 6.45) is 0. The number of pyridine rings is 1. The lowest BCUT2D eigenvalue weighted by Crippen LogP contribution is -2.22. The topological polar surface area (TPSA) is 78.9 Å². The van der Waals surface area contributed by atoms with Crippen molar-refractivity contribution in [1.82, 2.24) is 4.98 Å². The van der Waals surface area contributed by atoms with Gasteiger partial charge in [-0.3, -0.25) is 10.1 Å².